The zero-order chi connectivity index (χ0) is 56.9. The quantitative estimate of drug-likeness (QED) is 0.0197. The normalized spacial score (nSPS) is 14.3. The largest absolute Gasteiger partial charge is 0.472 e. The first kappa shape index (κ1) is 73.6. The molecule has 3 atom stereocenters. The van der Waals surface area contributed by atoms with Gasteiger partial charge in [0.05, 0.1) is 26.2 Å². The van der Waals surface area contributed by atoms with Crippen molar-refractivity contribution in [3.05, 3.63) is 134 Å². The molecule has 0 aliphatic heterocycles. The van der Waals surface area contributed by atoms with Crippen molar-refractivity contribution in [1.29, 1.82) is 0 Å². The predicted octanol–water partition coefficient (Wildman–Crippen LogP) is 18.1. The fourth-order valence-electron chi connectivity index (χ4n) is 7.57. The van der Waals surface area contributed by atoms with Gasteiger partial charge in [-0.1, -0.05) is 225 Å². The monoisotopic (exact) mass is 1110 g/mol. The molecule has 0 heterocycles. The molecule has 2 N–H and O–H groups in total. The van der Waals surface area contributed by atoms with Gasteiger partial charge < -0.3 is 24.2 Å². The van der Waals surface area contributed by atoms with Gasteiger partial charge in [-0.2, -0.15) is 0 Å². The number of ether oxygens (including phenoxy) is 3. The molecule has 0 aromatic carbocycles. The first-order valence-electron chi connectivity index (χ1n) is 30.1. The second kappa shape index (κ2) is 58.8. The van der Waals surface area contributed by atoms with E-state index in [-0.39, 0.29) is 19.3 Å². The van der Waals surface area contributed by atoms with Crippen LogP contribution in [-0.4, -0.2) is 66.5 Å². The van der Waals surface area contributed by atoms with Crippen molar-refractivity contribution in [1.82, 2.24) is 0 Å². The lowest BCUT2D eigenvalue weighted by atomic mass is 10.1. The Labute approximate surface area is 474 Å². The Balaban J connectivity index is 4.84. The molecule has 3 unspecified atom stereocenters. The number of rotatable bonds is 54. The minimum Gasteiger partial charge on any atom is -0.461 e. The van der Waals surface area contributed by atoms with Crippen molar-refractivity contribution in [2.45, 2.75) is 238 Å². The predicted molar refractivity (Wildman–Crippen MR) is 325 cm³/mol. The third-order valence-corrected chi connectivity index (χ3v) is 13.0. The average molecular weight is 1110 g/mol. The molecular weight excluding hydrogens is 1000 g/mol. The van der Waals surface area contributed by atoms with E-state index in [1.807, 2.05) is 12.2 Å². The molecule has 0 aromatic rings. The Hall–Kier alpha value is -4.38. The highest BCUT2D eigenvalue weighted by Crippen LogP contribution is 2.43. The first-order valence-corrected chi connectivity index (χ1v) is 31.6. The summed E-state index contributed by atoms with van der Waals surface area (Å²) < 4.78 is 39.4. The molecule has 0 rings (SSSR count). The number of aliphatic hydroxyl groups is 1. The van der Waals surface area contributed by atoms with Gasteiger partial charge in [0.1, 0.15) is 12.7 Å². The van der Waals surface area contributed by atoms with Gasteiger partial charge in [0.15, 0.2) is 6.10 Å². The lowest BCUT2D eigenvalue weighted by molar-refractivity contribution is -0.161. The third kappa shape index (κ3) is 56.3. The zero-order valence-corrected chi connectivity index (χ0v) is 49.7. The van der Waals surface area contributed by atoms with E-state index in [0.717, 1.165) is 135 Å². The van der Waals surface area contributed by atoms with Crippen LogP contribution in [0.2, 0.25) is 0 Å². The Kier molecular flexibility index (Phi) is 55.5. The van der Waals surface area contributed by atoms with Crippen molar-refractivity contribution >= 4 is 25.7 Å². The summed E-state index contributed by atoms with van der Waals surface area (Å²) in [4.78, 5) is 48.6. The third-order valence-electron chi connectivity index (χ3n) is 12.1. The molecule has 0 fully saturated rings. The van der Waals surface area contributed by atoms with Crippen LogP contribution in [0.25, 0.3) is 0 Å². The number of carbonyl (C=O) groups excluding carboxylic acids is 3. The van der Waals surface area contributed by atoms with E-state index >= 15 is 0 Å². The van der Waals surface area contributed by atoms with E-state index in [0.29, 0.717) is 19.3 Å². The molecule has 0 radical (unpaired) electrons. The first-order chi connectivity index (χ1) is 38.2. The van der Waals surface area contributed by atoms with Crippen LogP contribution >= 0.6 is 7.82 Å². The topological polar surface area (TPSA) is 155 Å². The van der Waals surface area contributed by atoms with E-state index < -0.39 is 64.4 Å². The number of allylic oxidation sites excluding steroid dienone is 21. The molecule has 0 spiro atoms. The molecule has 0 aliphatic rings. The van der Waals surface area contributed by atoms with Crippen molar-refractivity contribution < 1.29 is 52.2 Å². The highest BCUT2D eigenvalue weighted by molar-refractivity contribution is 7.47. The summed E-state index contributed by atoms with van der Waals surface area (Å²) in [5.41, 5.74) is 0. The summed E-state index contributed by atoms with van der Waals surface area (Å²) >= 11 is 0. The van der Waals surface area contributed by atoms with Crippen LogP contribution in [0.5, 0.6) is 0 Å². The Bertz CT molecular complexity index is 1820. The zero-order valence-electron chi connectivity index (χ0n) is 48.8. The number of carbonyl (C=O) groups is 3. The highest BCUT2D eigenvalue weighted by Gasteiger charge is 2.28. The van der Waals surface area contributed by atoms with Crippen LogP contribution in [0.4, 0.5) is 0 Å². The summed E-state index contributed by atoms with van der Waals surface area (Å²) in [6, 6.07) is 0. The number of phosphoric ester groups is 1. The molecule has 0 saturated heterocycles. The number of esters is 3. The average Bonchev–Trinajstić information content (AvgIpc) is 3.43. The Morgan fingerprint density at radius 3 is 1.09 bits per heavy atom. The maximum Gasteiger partial charge on any atom is 0.472 e. The van der Waals surface area contributed by atoms with Crippen molar-refractivity contribution in [2.24, 2.45) is 0 Å². The van der Waals surface area contributed by atoms with Crippen LogP contribution in [0.3, 0.4) is 0 Å². The molecule has 442 valence electrons. The molecule has 78 heavy (non-hydrogen) atoms. The van der Waals surface area contributed by atoms with E-state index in [1.54, 1.807) is 6.08 Å². The summed E-state index contributed by atoms with van der Waals surface area (Å²) in [5.74, 6) is -1.65. The van der Waals surface area contributed by atoms with Crippen molar-refractivity contribution in [3.63, 3.8) is 0 Å². The summed E-state index contributed by atoms with van der Waals surface area (Å²) in [5, 5.41) is 9.83. The molecule has 0 aromatic heterocycles. The van der Waals surface area contributed by atoms with Gasteiger partial charge in [-0.15, -0.1) is 0 Å². The van der Waals surface area contributed by atoms with Crippen LogP contribution in [0.1, 0.15) is 226 Å². The van der Waals surface area contributed by atoms with Gasteiger partial charge in [0, 0.05) is 12.8 Å². The van der Waals surface area contributed by atoms with Crippen LogP contribution in [-0.2, 0) is 42.2 Å². The SMILES string of the molecule is CC/C=C\C/C=C\C/C=C\C/C=C\C/C=C\CC(=O)OCC(COP(=O)(O)OCC(CO)OC(=O)CCCCCCCCC/C=C\C/C=C\C/C=C\CC)OC(=O)CCCCCCCC/C=C\C/C=C\C/C=C\CCCCC. The van der Waals surface area contributed by atoms with Crippen LogP contribution < -0.4 is 0 Å². The van der Waals surface area contributed by atoms with Gasteiger partial charge in [0.2, 0.25) is 0 Å². The van der Waals surface area contributed by atoms with E-state index in [1.165, 1.54) is 32.1 Å². The van der Waals surface area contributed by atoms with Crippen molar-refractivity contribution in [2.75, 3.05) is 26.4 Å². The standard InChI is InChI=1S/C66H107O11P/c1-4-7-10-13-16-19-22-25-28-30-31-33-36-39-42-45-48-51-54-57-66(70)77-63(59-73-64(68)55-52-49-46-43-40-37-34-27-24-21-18-15-12-9-6-3)61-75-78(71,72)74-60-62(58-67)76-65(69)56-53-50-47-44-41-38-35-32-29-26-23-20-17-14-11-8-5-2/h8-9,11-12,16-21,25-29,31,33-34,40,43,49,52,62-63,67H,4-7,10,13-15,22-24,30,32,35-39,41-42,44-48,50-51,53-61H2,1-3H3,(H,71,72)/b11-8-,12-9-,19-16-,20-17-,21-18-,28-25-,29-26-,33-31-,34-27-,43-40-,52-49-. The lowest BCUT2D eigenvalue weighted by Gasteiger charge is -2.21. The molecule has 12 heteroatoms. The lowest BCUT2D eigenvalue weighted by Crippen LogP contribution is -2.30. The molecule has 0 saturated carbocycles. The Morgan fingerprint density at radius 2 is 0.705 bits per heavy atom. The second-order valence-electron chi connectivity index (χ2n) is 19.4. The van der Waals surface area contributed by atoms with Gasteiger partial charge in [-0.05, 0) is 116 Å². The van der Waals surface area contributed by atoms with E-state index in [4.69, 9.17) is 23.3 Å². The summed E-state index contributed by atoms with van der Waals surface area (Å²) in [6.07, 6.45) is 74.3. The van der Waals surface area contributed by atoms with Gasteiger partial charge >= 0.3 is 25.7 Å². The number of unbranched alkanes of at least 4 members (excludes halogenated alkanes) is 16. The fraction of sp³-hybridized carbons (Fsp3) is 0.621. The summed E-state index contributed by atoms with van der Waals surface area (Å²) in [7, 11) is -4.79. The van der Waals surface area contributed by atoms with Gasteiger partial charge in [0.25, 0.3) is 0 Å². The molecular formula is C66H107O11P. The number of hydrogen-bond donors (Lipinski definition) is 2. The molecule has 0 bridgehead atoms. The maximum atomic E-state index is 12.9. The minimum absolute atomic E-state index is 0.0159. The smallest absolute Gasteiger partial charge is 0.461 e. The van der Waals surface area contributed by atoms with Gasteiger partial charge in [-0.3, -0.25) is 23.4 Å². The second-order valence-corrected chi connectivity index (χ2v) is 20.9. The van der Waals surface area contributed by atoms with Crippen molar-refractivity contribution in [3.8, 4) is 0 Å². The minimum atomic E-state index is -4.79. The maximum absolute atomic E-state index is 12.9. The Morgan fingerprint density at radius 1 is 0.385 bits per heavy atom. The van der Waals surface area contributed by atoms with E-state index in [2.05, 4.69) is 136 Å². The molecule has 0 amide bonds. The number of phosphoric acid groups is 1. The van der Waals surface area contributed by atoms with Crippen LogP contribution in [0.15, 0.2) is 134 Å². The number of hydrogen-bond acceptors (Lipinski definition) is 10. The molecule has 0 aliphatic carbocycles. The van der Waals surface area contributed by atoms with Gasteiger partial charge in [-0.25, -0.2) is 4.57 Å². The molecule has 11 nitrogen and oxygen atoms in total. The number of aliphatic hydroxyl groups excluding tert-OH is 1. The van der Waals surface area contributed by atoms with Crippen LogP contribution in [0, 0.1) is 0 Å². The fourth-order valence-corrected chi connectivity index (χ4v) is 8.35. The summed E-state index contributed by atoms with van der Waals surface area (Å²) in [6.45, 7) is 4.25. The van der Waals surface area contributed by atoms with E-state index in [9.17, 15) is 28.9 Å². The highest BCUT2D eigenvalue weighted by atomic mass is 31.2.